The third-order valence-electron chi connectivity index (χ3n) is 6.94. The van der Waals surface area contributed by atoms with Crippen molar-refractivity contribution < 1.29 is 19.1 Å². The number of benzene rings is 2. The Labute approximate surface area is 213 Å². The van der Waals surface area contributed by atoms with E-state index in [2.05, 4.69) is 12.0 Å². The van der Waals surface area contributed by atoms with Gasteiger partial charge in [-0.1, -0.05) is 24.3 Å². The molecule has 0 saturated heterocycles. The van der Waals surface area contributed by atoms with Gasteiger partial charge in [0.15, 0.2) is 5.78 Å². The van der Waals surface area contributed by atoms with Crippen LogP contribution in [0.25, 0.3) is 10.9 Å². The van der Waals surface area contributed by atoms with Gasteiger partial charge in [-0.2, -0.15) is 0 Å². The lowest BCUT2D eigenvalue weighted by Crippen LogP contribution is -2.50. The largest absolute Gasteiger partial charge is 0.497 e. The van der Waals surface area contributed by atoms with Crippen molar-refractivity contribution in [2.24, 2.45) is 0 Å². The Morgan fingerprint density at radius 2 is 1.89 bits per heavy atom. The summed E-state index contributed by atoms with van der Waals surface area (Å²) >= 11 is 0. The normalized spacial score (nSPS) is 17.5. The number of hydrogen-bond donors (Lipinski definition) is 1. The van der Waals surface area contributed by atoms with E-state index < -0.39 is 11.8 Å². The summed E-state index contributed by atoms with van der Waals surface area (Å²) in [7, 11) is 1.57. The monoisotopic (exact) mass is 497 g/mol. The predicted octanol–water partition coefficient (Wildman–Crippen LogP) is 3.86. The molecule has 1 atom stereocenters. The number of nitrogens with one attached hydrogen (secondary N) is 1. The number of hydrazine groups is 1. The molecule has 2 heterocycles. The second-order valence-electron chi connectivity index (χ2n) is 9.16. The molecule has 0 radical (unpaired) electrons. The number of allylic oxidation sites excluding steroid dienone is 3. The number of Topliss-reactive ketones (excluding diaryl/α,β-unsaturated/α-hetero) is 1. The van der Waals surface area contributed by atoms with Crippen molar-refractivity contribution in [3.63, 3.8) is 0 Å². The van der Waals surface area contributed by atoms with Crippen molar-refractivity contribution in [1.82, 2.24) is 15.0 Å². The molecular formula is C29H27N3O5. The highest BCUT2D eigenvalue weighted by atomic mass is 16.5. The number of hydrogen-bond acceptors (Lipinski definition) is 5. The topological polar surface area (TPSA) is 97.7 Å². The van der Waals surface area contributed by atoms with E-state index in [1.54, 1.807) is 60.2 Å². The molecule has 0 spiro atoms. The SMILES string of the molecule is C=CCn1c(=O)c(C2CC(=O)N(NC(=O)c3ccccc3)C3=C2C(=O)CCC3)cc2cc(OC)ccc21. The van der Waals surface area contributed by atoms with E-state index >= 15 is 0 Å². The van der Waals surface area contributed by atoms with Crippen LogP contribution in [0.4, 0.5) is 0 Å². The minimum absolute atomic E-state index is 0.113. The van der Waals surface area contributed by atoms with Gasteiger partial charge in [-0.3, -0.25) is 24.6 Å². The molecule has 1 aliphatic carbocycles. The maximum absolute atomic E-state index is 13.7. The second kappa shape index (κ2) is 9.89. The quantitative estimate of drug-likeness (QED) is 0.522. The van der Waals surface area contributed by atoms with Crippen LogP contribution in [0.15, 0.2) is 83.3 Å². The Balaban J connectivity index is 1.64. The van der Waals surface area contributed by atoms with Crippen LogP contribution in [0.1, 0.15) is 47.5 Å². The number of ketones is 1. The highest BCUT2D eigenvalue weighted by Gasteiger charge is 2.41. The van der Waals surface area contributed by atoms with Crippen LogP contribution in [0, 0.1) is 0 Å². The van der Waals surface area contributed by atoms with E-state index in [1.165, 1.54) is 5.01 Å². The number of methoxy groups -OCH3 is 1. The second-order valence-corrected chi connectivity index (χ2v) is 9.16. The minimum atomic E-state index is -0.709. The van der Waals surface area contributed by atoms with Crippen LogP contribution in [0.5, 0.6) is 5.75 Å². The molecule has 1 unspecified atom stereocenters. The summed E-state index contributed by atoms with van der Waals surface area (Å²) in [6.45, 7) is 4.06. The van der Waals surface area contributed by atoms with Crippen molar-refractivity contribution in [2.45, 2.75) is 38.1 Å². The summed E-state index contributed by atoms with van der Waals surface area (Å²) in [5.74, 6) is -1.01. The van der Waals surface area contributed by atoms with Gasteiger partial charge in [0, 0.05) is 47.4 Å². The Morgan fingerprint density at radius 3 is 2.62 bits per heavy atom. The van der Waals surface area contributed by atoms with Gasteiger partial charge in [-0.15, -0.1) is 6.58 Å². The van der Waals surface area contributed by atoms with Crippen LogP contribution in [0.3, 0.4) is 0 Å². The lowest BCUT2D eigenvalue weighted by atomic mass is 9.77. The third-order valence-corrected chi connectivity index (χ3v) is 6.94. The van der Waals surface area contributed by atoms with E-state index in [9.17, 15) is 19.2 Å². The van der Waals surface area contributed by atoms with Crippen LogP contribution in [0.2, 0.25) is 0 Å². The van der Waals surface area contributed by atoms with Crippen molar-refractivity contribution in [2.75, 3.05) is 7.11 Å². The van der Waals surface area contributed by atoms with Gasteiger partial charge in [0.25, 0.3) is 11.5 Å². The first-order chi connectivity index (χ1) is 17.9. The Kier molecular flexibility index (Phi) is 6.48. The lowest BCUT2D eigenvalue weighted by Gasteiger charge is -2.38. The number of rotatable bonds is 6. The van der Waals surface area contributed by atoms with E-state index in [0.717, 1.165) is 5.39 Å². The molecule has 0 bridgehead atoms. The predicted molar refractivity (Wildman–Crippen MR) is 139 cm³/mol. The number of carbonyl (C=O) groups excluding carboxylic acids is 3. The molecule has 3 aromatic rings. The molecule has 2 aromatic carbocycles. The fraction of sp³-hybridized carbons (Fsp3) is 0.241. The van der Waals surface area contributed by atoms with Crippen LogP contribution >= 0.6 is 0 Å². The third kappa shape index (κ3) is 4.35. The molecule has 1 aromatic heterocycles. The Hall–Kier alpha value is -4.46. The number of nitrogens with zero attached hydrogens (tertiary/aromatic N) is 2. The lowest BCUT2D eigenvalue weighted by molar-refractivity contribution is -0.133. The van der Waals surface area contributed by atoms with Crippen molar-refractivity contribution in [1.29, 1.82) is 0 Å². The molecule has 2 amide bonds. The number of ether oxygens (including phenoxy) is 1. The summed E-state index contributed by atoms with van der Waals surface area (Å²) in [6, 6.07) is 15.7. The molecule has 188 valence electrons. The van der Waals surface area contributed by atoms with Gasteiger partial charge >= 0.3 is 0 Å². The molecule has 0 fully saturated rings. The molecule has 0 saturated carbocycles. The molecule has 8 nitrogen and oxygen atoms in total. The van der Waals surface area contributed by atoms with Gasteiger partial charge in [0.05, 0.1) is 18.3 Å². The van der Waals surface area contributed by atoms with Crippen LogP contribution in [-0.2, 0) is 16.1 Å². The van der Waals surface area contributed by atoms with Gasteiger partial charge in [0.2, 0.25) is 5.91 Å². The number of fused-ring (bicyclic) bond motifs is 1. The highest BCUT2D eigenvalue weighted by Crippen LogP contribution is 2.41. The van der Waals surface area contributed by atoms with E-state index in [1.807, 2.05) is 12.1 Å². The van der Waals surface area contributed by atoms with Crippen LogP contribution < -0.4 is 15.7 Å². The van der Waals surface area contributed by atoms with Crippen molar-refractivity contribution in [3.05, 3.63) is 100 Å². The molecule has 2 aliphatic rings. The minimum Gasteiger partial charge on any atom is -0.497 e. The van der Waals surface area contributed by atoms with E-state index in [0.29, 0.717) is 52.9 Å². The maximum atomic E-state index is 13.7. The number of pyridine rings is 1. The fourth-order valence-electron chi connectivity index (χ4n) is 5.22. The zero-order valence-corrected chi connectivity index (χ0v) is 20.5. The summed E-state index contributed by atoms with van der Waals surface area (Å²) in [5, 5.41) is 1.97. The molecular weight excluding hydrogens is 470 g/mol. The van der Waals surface area contributed by atoms with E-state index in [-0.39, 0.29) is 30.2 Å². The number of carbonyl (C=O) groups is 3. The zero-order valence-electron chi connectivity index (χ0n) is 20.5. The first-order valence-electron chi connectivity index (χ1n) is 12.2. The number of aromatic nitrogens is 1. The average molecular weight is 498 g/mol. The highest BCUT2D eigenvalue weighted by molar-refractivity contribution is 6.03. The zero-order chi connectivity index (χ0) is 26.1. The maximum Gasteiger partial charge on any atom is 0.270 e. The fourth-order valence-corrected chi connectivity index (χ4v) is 5.22. The van der Waals surface area contributed by atoms with Crippen molar-refractivity contribution in [3.8, 4) is 5.75 Å². The Bertz CT molecular complexity index is 1520. The molecule has 8 heteroatoms. The summed E-state index contributed by atoms with van der Waals surface area (Å²) in [4.78, 5) is 53.2. The van der Waals surface area contributed by atoms with Crippen molar-refractivity contribution >= 4 is 28.5 Å². The van der Waals surface area contributed by atoms with Gasteiger partial charge in [-0.25, -0.2) is 5.01 Å². The summed E-state index contributed by atoms with van der Waals surface area (Å²) in [5.41, 5.74) is 4.77. The first kappa shape index (κ1) is 24.2. The summed E-state index contributed by atoms with van der Waals surface area (Å²) in [6.07, 6.45) is 2.86. The first-order valence-corrected chi connectivity index (χ1v) is 12.2. The van der Waals surface area contributed by atoms with Gasteiger partial charge < -0.3 is 9.30 Å². The molecule has 1 N–H and O–H groups in total. The van der Waals surface area contributed by atoms with E-state index in [4.69, 9.17) is 4.74 Å². The number of amides is 2. The summed E-state index contributed by atoms with van der Waals surface area (Å²) < 4.78 is 6.97. The Morgan fingerprint density at radius 1 is 1.11 bits per heavy atom. The van der Waals surface area contributed by atoms with Gasteiger partial charge in [-0.05, 0) is 49.2 Å². The smallest absolute Gasteiger partial charge is 0.270 e. The molecule has 1 aliphatic heterocycles. The standard InChI is InChI=1S/C29H27N3O5/c1-3-14-31-23-13-12-20(37-2)15-19(23)16-22(29(31)36)21-17-26(34)32(24-10-7-11-25(33)27(21)24)30-28(35)18-8-5-4-6-9-18/h3-6,8-9,12-13,15-16,21H,1,7,10-11,14,17H2,2H3,(H,30,35). The molecule has 5 rings (SSSR count). The average Bonchev–Trinajstić information content (AvgIpc) is 2.91. The molecule has 37 heavy (non-hydrogen) atoms. The van der Waals surface area contributed by atoms with Gasteiger partial charge in [0.1, 0.15) is 5.75 Å². The van der Waals surface area contributed by atoms with Crippen LogP contribution in [-0.4, -0.2) is 34.3 Å².